The van der Waals surface area contributed by atoms with Crippen LogP contribution in [0.2, 0.25) is 0 Å². The average Bonchev–Trinajstić information content (AvgIpc) is 3.78. The standard InChI is InChI=1S/C47H27N3O2/c1-2-12-29(13-3-1)45-48-46(36-19-10-14-28-11-4-5-15-32(28)36)50-47(49-45)40-27-39-38-26-31(22-24-43(38)52-44(39)35-18-7-6-16-33(35)40)30-21-23-42-37(25-30)34-17-8-9-20-41(34)51-42/h1-27H. The summed E-state index contributed by atoms with van der Waals surface area (Å²) in [7, 11) is 0. The van der Waals surface area contributed by atoms with Crippen molar-refractivity contribution >= 4 is 65.4 Å². The van der Waals surface area contributed by atoms with Crippen molar-refractivity contribution in [2.45, 2.75) is 0 Å². The second-order valence-corrected chi connectivity index (χ2v) is 13.2. The summed E-state index contributed by atoms with van der Waals surface area (Å²) in [6, 6.07) is 56.3. The van der Waals surface area contributed by atoms with Gasteiger partial charge in [0, 0.05) is 43.6 Å². The van der Waals surface area contributed by atoms with Crippen LogP contribution in [-0.2, 0) is 0 Å². The first kappa shape index (κ1) is 28.7. The van der Waals surface area contributed by atoms with Crippen LogP contribution in [0, 0.1) is 0 Å². The van der Waals surface area contributed by atoms with Gasteiger partial charge in [-0.1, -0.05) is 127 Å². The molecule has 0 fully saturated rings. The molecule has 0 N–H and O–H groups in total. The summed E-state index contributed by atoms with van der Waals surface area (Å²) in [6.45, 7) is 0. The van der Waals surface area contributed by atoms with E-state index >= 15 is 0 Å². The highest BCUT2D eigenvalue weighted by Crippen LogP contribution is 2.41. The normalized spacial score (nSPS) is 11.8. The summed E-state index contributed by atoms with van der Waals surface area (Å²) in [5.41, 5.74) is 8.46. The molecule has 0 radical (unpaired) electrons. The quantitative estimate of drug-likeness (QED) is 0.187. The number of hydrogen-bond donors (Lipinski definition) is 0. The van der Waals surface area contributed by atoms with Gasteiger partial charge >= 0.3 is 0 Å². The highest BCUT2D eigenvalue weighted by Gasteiger charge is 2.20. The van der Waals surface area contributed by atoms with Crippen LogP contribution in [0.15, 0.2) is 173 Å². The minimum absolute atomic E-state index is 0.609. The van der Waals surface area contributed by atoms with Gasteiger partial charge in [-0.15, -0.1) is 0 Å². The van der Waals surface area contributed by atoms with Gasteiger partial charge in [-0.25, -0.2) is 15.0 Å². The third-order valence-corrected chi connectivity index (χ3v) is 10.1. The zero-order valence-electron chi connectivity index (χ0n) is 27.7. The zero-order chi connectivity index (χ0) is 34.2. The monoisotopic (exact) mass is 665 g/mol. The Morgan fingerprint density at radius 2 is 0.885 bits per heavy atom. The summed E-state index contributed by atoms with van der Waals surface area (Å²) in [4.78, 5) is 15.4. The van der Waals surface area contributed by atoms with Crippen LogP contribution >= 0.6 is 0 Å². The lowest BCUT2D eigenvalue weighted by molar-refractivity contribution is 0.669. The molecule has 0 saturated carbocycles. The van der Waals surface area contributed by atoms with E-state index in [1.165, 1.54) is 0 Å². The predicted octanol–water partition coefficient (Wildman–Crippen LogP) is 12.6. The molecule has 5 heteroatoms. The van der Waals surface area contributed by atoms with E-state index in [4.69, 9.17) is 23.8 Å². The summed E-state index contributed by atoms with van der Waals surface area (Å²) in [6.07, 6.45) is 0. The number of hydrogen-bond acceptors (Lipinski definition) is 5. The molecule has 0 aliphatic rings. The van der Waals surface area contributed by atoms with Crippen molar-refractivity contribution in [2.24, 2.45) is 0 Å². The van der Waals surface area contributed by atoms with E-state index in [-0.39, 0.29) is 0 Å². The molecule has 8 aromatic carbocycles. The Morgan fingerprint density at radius 3 is 1.69 bits per heavy atom. The summed E-state index contributed by atoms with van der Waals surface area (Å²) in [5.74, 6) is 1.86. The second kappa shape index (κ2) is 11.2. The molecule has 0 unspecified atom stereocenters. The number of benzene rings is 8. The molecule has 11 rings (SSSR count). The maximum atomic E-state index is 6.63. The van der Waals surface area contributed by atoms with Crippen LogP contribution < -0.4 is 0 Å². The van der Waals surface area contributed by atoms with Crippen molar-refractivity contribution < 1.29 is 8.83 Å². The first-order valence-corrected chi connectivity index (χ1v) is 17.3. The SMILES string of the molecule is c1ccc(-c2nc(-c3cccc4ccccc34)nc(-c3cc4c5cc(-c6ccc7oc8ccccc8c7c6)ccc5oc4c4ccccc34)n2)cc1. The molecule has 0 aliphatic carbocycles. The fourth-order valence-corrected chi connectivity index (χ4v) is 7.62. The summed E-state index contributed by atoms with van der Waals surface area (Å²) >= 11 is 0. The van der Waals surface area contributed by atoms with Crippen molar-refractivity contribution in [1.82, 2.24) is 15.0 Å². The van der Waals surface area contributed by atoms with E-state index in [9.17, 15) is 0 Å². The second-order valence-electron chi connectivity index (χ2n) is 13.2. The number of aromatic nitrogens is 3. The highest BCUT2D eigenvalue weighted by atomic mass is 16.3. The van der Waals surface area contributed by atoms with E-state index in [0.29, 0.717) is 17.5 Å². The molecule has 3 aromatic heterocycles. The highest BCUT2D eigenvalue weighted by molar-refractivity contribution is 6.19. The molecule has 11 aromatic rings. The van der Waals surface area contributed by atoms with Crippen LogP contribution in [0.1, 0.15) is 0 Å². The Labute approximate surface area is 297 Å². The molecule has 0 spiro atoms. The average molecular weight is 666 g/mol. The van der Waals surface area contributed by atoms with Gasteiger partial charge in [-0.05, 0) is 63.7 Å². The number of fused-ring (bicyclic) bond motifs is 9. The smallest absolute Gasteiger partial charge is 0.164 e. The first-order chi connectivity index (χ1) is 25.7. The van der Waals surface area contributed by atoms with Gasteiger partial charge in [-0.3, -0.25) is 0 Å². The van der Waals surface area contributed by atoms with Crippen LogP contribution in [0.25, 0.3) is 111 Å². The fourth-order valence-electron chi connectivity index (χ4n) is 7.62. The number of rotatable bonds is 4. The maximum Gasteiger partial charge on any atom is 0.164 e. The third kappa shape index (κ3) is 4.46. The third-order valence-electron chi connectivity index (χ3n) is 10.1. The molecule has 0 aliphatic heterocycles. The van der Waals surface area contributed by atoms with Gasteiger partial charge in [0.25, 0.3) is 0 Å². The Kier molecular flexibility index (Phi) is 6.18. The minimum Gasteiger partial charge on any atom is -0.456 e. The van der Waals surface area contributed by atoms with Gasteiger partial charge in [-0.2, -0.15) is 0 Å². The largest absolute Gasteiger partial charge is 0.456 e. The molecule has 0 atom stereocenters. The predicted molar refractivity (Wildman–Crippen MR) is 211 cm³/mol. The van der Waals surface area contributed by atoms with Crippen LogP contribution in [0.5, 0.6) is 0 Å². The molecule has 0 saturated heterocycles. The van der Waals surface area contributed by atoms with Gasteiger partial charge in [0.1, 0.15) is 22.3 Å². The Hall–Kier alpha value is -7.11. The van der Waals surface area contributed by atoms with Gasteiger partial charge in [0.2, 0.25) is 0 Å². The first-order valence-electron chi connectivity index (χ1n) is 17.3. The lowest BCUT2D eigenvalue weighted by Gasteiger charge is -2.12. The molecule has 0 bridgehead atoms. The summed E-state index contributed by atoms with van der Waals surface area (Å²) in [5, 5.41) is 8.50. The Morgan fingerprint density at radius 1 is 0.308 bits per heavy atom. The van der Waals surface area contributed by atoms with E-state index < -0.39 is 0 Å². The van der Waals surface area contributed by atoms with E-state index in [1.807, 2.05) is 42.5 Å². The topological polar surface area (TPSA) is 65.0 Å². The van der Waals surface area contributed by atoms with Gasteiger partial charge < -0.3 is 8.83 Å². The van der Waals surface area contributed by atoms with Crippen LogP contribution in [0.4, 0.5) is 0 Å². The van der Waals surface area contributed by atoms with Crippen molar-refractivity contribution in [2.75, 3.05) is 0 Å². The van der Waals surface area contributed by atoms with E-state index in [2.05, 4.69) is 121 Å². The lowest BCUT2D eigenvalue weighted by atomic mass is 9.97. The van der Waals surface area contributed by atoms with Crippen molar-refractivity contribution in [3.8, 4) is 45.3 Å². The molecule has 242 valence electrons. The number of nitrogens with zero attached hydrogens (tertiary/aromatic N) is 3. The Bertz CT molecular complexity index is 3190. The fraction of sp³-hybridized carbons (Fsp3) is 0. The molecule has 52 heavy (non-hydrogen) atoms. The number of furan rings is 2. The minimum atomic E-state index is 0.609. The molecular formula is C47H27N3O2. The molecule has 5 nitrogen and oxygen atoms in total. The number of para-hydroxylation sites is 1. The van der Waals surface area contributed by atoms with Crippen molar-refractivity contribution in [1.29, 1.82) is 0 Å². The van der Waals surface area contributed by atoms with Gasteiger partial charge in [0.05, 0.1) is 0 Å². The van der Waals surface area contributed by atoms with Crippen molar-refractivity contribution in [3.05, 3.63) is 164 Å². The maximum absolute atomic E-state index is 6.63. The lowest BCUT2D eigenvalue weighted by Crippen LogP contribution is -2.01. The zero-order valence-corrected chi connectivity index (χ0v) is 27.7. The molecule has 3 heterocycles. The van der Waals surface area contributed by atoms with E-state index in [1.54, 1.807) is 0 Å². The summed E-state index contributed by atoms with van der Waals surface area (Å²) < 4.78 is 12.7. The Balaban J connectivity index is 1.15. The van der Waals surface area contributed by atoms with Crippen LogP contribution in [0.3, 0.4) is 0 Å². The molecular weight excluding hydrogens is 639 g/mol. The van der Waals surface area contributed by atoms with Gasteiger partial charge in [0.15, 0.2) is 17.5 Å². The van der Waals surface area contributed by atoms with E-state index in [0.717, 1.165) is 93.2 Å². The van der Waals surface area contributed by atoms with Crippen molar-refractivity contribution in [3.63, 3.8) is 0 Å². The molecule has 0 amide bonds. The van der Waals surface area contributed by atoms with Crippen LogP contribution in [-0.4, -0.2) is 15.0 Å².